The van der Waals surface area contributed by atoms with Crippen molar-refractivity contribution in [3.63, 3.8) is 0 Å². The first kappa shape index (κ1) is 17.4. The second-order valence-electron chi connectivity index (χ2n) is 5.02. The van der Waals surface area contributed by atoms with E-state index in [-0.39, 0.29) is 5.69 Å². The van der Waals surface area contributed by atoms with Crippen LogP contribution in [0.15, 0.2) is 42.5 Å². The number of hydrogen-bond donors (Lipinski definition) is 2. The molecule has 0 bridgehead atoms. The number of hydrogen-bond acceptors (Lipinski definition) is 2. The average molecular weight is 426 g/mol. The average Bonchev–Trinajstić information content (AvgIpc) is 2.52. The first-order valence-electron chi connectivity index (χ1n) is 7.06. The Balaban J connectivity index is 1.84. The summed E-state index contributed by atoms with van der Waals surface area (Å²) < 4.78 is 13.8. The van der Waals surface area contributed by atoms with E-state index in [1.165, 1.54) is 12.1 Å². The summed E-state index contributed by atoms with van der Waals surface area (Å²) in [6.07, 6.45) is 0.643. The lowest BCUT2D eigenvalue weighted by Gasteiger charge is -2.08. The van der Waals surface area contributed by atoms with E-state index in [1.54, 1.807) is 6.07 Å². The molecule has 0 aromatic heterocycles. The van der Waals surface area contributed by atoms with Gasteiger partial charge in [-0.25, -0.2) is 4.39 Å². The van der Waals surface area contributed by atoms with Gasteiger partial charge in [0.2, 0.25) is 0 Å². The van der Waals surface area contributed by atoms with Gasteiger partial charge in [0.25, 0.3) is 0 Å². The Morgan fingerprint density at radius 3 is 2.57 bits per heavy atom. The lowest BCUT2D eigenvalue weighted by atomic mass is 10.1. The van der Waals surface area contributed by atoms with Gasteiger partial charge in [-0.1, -0.05) is 24.3 Å². The molecular formula is C17H16FIN2O2. The van der Waals surface area contributed by atoms with E-state index in [0.29, 0.717) is 16.5 Å². The highest BCUT2D eigenvalue weighted by Gasteiger charge is 2.14. The van der Waals surface area contributed by atoms with Crippen molar-refractivity contribution >= 4 is 40.1 Å². The largest absolute Gasteiger partial charge is 0.347 e. The molecule has 0 atom stereocenters. The first-order valence-corrected chi connectivity index (χ1v) is 8.14. The summed E-state index contributed by atoms with van der Waals surface area (Å²) in [5, 5.41) is 4.93. The minimum Gasteiger partial charge on any atom is -0.347 e. The van der Waals surface area contributed by atoms with Crippen molar-refractivity contribution in [3.05, 3.63) is 63.0 Å². The SMILES string of the molecule is Cc1ccccc1CCNC(=O)C(=O)Nc1ccc(I)c(F)c1. The molecule has 0 radical (unpaired) electrons. The number of carbonyl (C=O) groups excluding carboxylic acids is 2. The van der Waals surface area contributed by atoms with E-state index in [4.69, 9.17) is 0 Å². The van der Waals surface area contributed by atoms with Gasteiger partial charge < -0.3 is 10.6 Å². The Kier molecular flexibility index (Phi) is 6.09. The quantitative estimate of drug-likeness (QED) is 0.584. The highest BCUT2D eigenvalue weighted by atomic mass is 127. The van der Waals surface area contributed by atoms with E-state index in [2.05, 4.69) is 10.6 Å². The molecule has 0 fully saturated rings. The molecular weight excluding hydrogens is 410 g/mol. The molecule has 23 heavy (non-hydrogen) atoms. The third-order valence-corrected chi connectivity index (χ3v) is 4.20. The number of rotatable bonds is 4. The first-order chi connectivity index (χ1) is 11.0. The number of carbonyl (C=O) groups is 2. The van der Waals surface area contributed by atoms with Crippen LogP contribution >= 0.6 is 22.6 Å². The molecule has 0 heterocycles. The number of aryl methyl sites for hydroxylation is 1. The van der Waals surface area contributed by atoms with Gasteiger partial charge in [-0.2, -0.15) is 0 Å². The number of anilines is 1. The number of benzene rings is 2. The van der Waals surface area contributed by atoms with Gasteiger partial charge in [-0.3, -0.25) is 9.59 Å². The standard InChI is InChI=1S/C17H16FIN2O2/c1-11-4-2-3-5-12(11)8-9-20-16(22)17(23)21-13-6-7-15(19)14(18)10-13/h2-7,10H,8-9H2,1H3,(H,20,22)(H,21,23). The zero-order valence-electron chi connectivity index (χ0n) is 12.5. The lowest BCUT2D eigenvalue weighted by Crippen LogP contribution is -2.36. The summed E-state index contributed by atoms with van der Waals surface area (Å²) in [4.78, 5) is 23.5. The molecule has 0 aliphatic carbocycles. The fraction of sp³-hybridized carbons (Fsp3) is 0.176. The molecule has 4 nitrogen and oxygen atoms in total. The maximum Gasteiger partial charge on any atom is 0.313 e. The van der Waals surface area contributed by atoms with Gasteiger partial charge >= 0.3 is 11.8 Å². The van der Waals surface area contributed by atoms with Crippen molar-refractivity contribution in [3.8, 4) is 0 Å². The molecule has 0 unspecified atom stereocenters. The van der Waals surface area contributed by atoms with Crippen LogP contribution in [-0.4, -0.2) is 18.4 Å². The van der Waals surface area contributed by atoms with Crippen LogP contribution in [0, 0.1) is 16.3 Å². The van der Waals surface area contributed by atoms with Gasteiger partial charge in [0.15, 0.2) is 0 Å². The number of nitrogens with one attached hydrogen (secondary N) is 2. The van der Waals surface area contributed by atoms with Gasteiger partial charge in [0, 0.05) is 15.8 Å². The van der Waals surface area contributed by atoms with Crippen molar-refractivity contribution in [2.45, 2.75) is 13.3 Å². The van der Waals surface area contributed by atoms with Crippen LogP contribution in [0.3, 0.4) is 0 Å². The maximum absolute atomic E-state index is 13.4. The van der Waals surface area contributed by atoms with Gasteiger partial charge in [0.1, 0.15) is 5.82 Å². The van der Waals surface area contributed by atoms with E-state index in [9.17, 15) is 14.0 Å². The van der Waals surface area contributed by atoms with Crippen LogP contribution in [0.1, 0.15) is 11.1 Å². The van der Waals surface area contributed by atoms with Crippen LogP contribution in [0.5, 0.6) is 0 Å². The topological polar surface area (TPSA) is 58.2 Å². The molecule has 0 aliphatic heterocycles. The molecule has 0 saturated carbocycles. The Morgan fingerprint density at radius 1 is 1.13 bits per heavy atom. The van der Waals surface area contributed by atoms with E-state index < -0.39 is 17.6 Å². The van der Waals surface area contributed by atoms with Crippen molar-refractivity contribution in [2.75, 3.05) is 11.9 Å². The Bertz CT molecular complexity index is 734. The van der Waals surface area contributed by atoms with Crippen LogP contribution < -0.4 is 10.6 Å². The fourth-order valence-corrected chi connectivity index (χ4v) is 2.38. The highest BCUT2D eigenvalue weighted by Crippen LogP contribution is 2.16. The maximum atomic E-state index is 13.4. The molecule has 2 aromatic carbocycles. The molecule has 0 saturated heterocycles. The van der Waals surface area contributed by atoms with Crippen LogP contribution in [-0.2, 0) is 16.0 Å². The molecule has 6 heteroatoms. The Labute approximate surface area is 147 Å². The molecule has 2 amide bonds. The van der Waals surface area contributed by atoms with Crippen molar-refractivity contribution in [1.82, 2.24) is 5.32 Å². The number of halogens is 2. The van der Waals surface area contributed by atoms with Gasteiger partial charge in [0.05, 0.1) is 0 Å². The lowest BCUT2D eigenvalue weighted by molar-refractivity contribution is -0.136. The molecule has 2 rings (SSSR count). The summed E-state index contributed by atoms with van der Waals surface area (Å²) in [5.41, 5.74) is 2.51. The second-order valence-corrected chi connectivity index (χ2v) is 6.18. The summed E-state index contributed by atoms with van der Waals surface area (Å²) in [5.74, 6) is -1.99. The third kappa shape index (κ3) is 5.02. The molecule has 2 aromatic rings. The molecule has 120 valence electrons. The van der Waals surface area contributed by atoms with Crippen LogP contribution in [0.4, 0.5) is 10.1 Å². The van der Waals surface area contributed by atoms with Crippen molar-refractivity contribution in [1.29, 1.82) is 0 Å². The minimum absolute atomic E-state index is 0.252. The highest BCUT2D eigenvalue weighted by molar-refractivity contribution is 14.1. The molecule has 0 spiro atoms. The summed E-state index contributed by atoms with van der Waals surface area (Å²) in [6.45, 7) is 2.35. The van der Waals surface area contributed by atoms with Crippen LogP contribution in [0.2, 0.25) is 0 Å². The fourth-order valence-electron chi connectivity index (χ4n) is 2.04. The minimum atomic E-state index is -0.810. The molecule has 2 N–H and O–H groups in total. The zero-order chi connectivity index (χ0) is 16.8. The number of amides is 2. The van der Waals surface area contributed by atoms with Gasteiger partial charge in [-0.15, -0.1) is 0 Å². The summed E-state index contributed by atoms with van der Waals surface area (Å²) in [7, 11) is 0. The predicted octanol–water partition coefficient (Wildman–Crippen LogP) is 3.04. The zero-order valence-corrected chi connectivity index (χ0v) is 14.7. The second kappa shape index (κ2) is 8.05. The Hall–Kier alpha value is -1.96. The monoisotopic (exact) mass is 426 g/mol. The van der Waals surface area contributed by atoms with Crippen LogP contribution in [0.25, 0.3) is 0 Å². The summed E-state index contributed by atoms with van der Waals surface area (Å²) >= 11 is 1.85. The van der Waals surface area contributed by atoms with E-state index >= 15 is 0 Å². The predicted molar refractivity (Wildman–Crippen MR) is 95.6 cm³/mol. The van der Waals surface area contributed by atoms with E-state index in [1.807, 2.05) is 53.8 Å². The molecule has 0 aliphatic rings. The van der Waals surface area contributed by atoms with E-state index in [0.717, 1.165) is 11.1 Å². The third-order valence-electron chi connectivity index (χ3n) is 3.32. The normalized spacial score (nSPS) is 10.2. The van der Waals surface area contributed by atoms with Gasteiger partial charge in [-0.05, 0) is 65.3 Å². The smallest absolute Gasteiger partial charge is 0.313 e. The summed E-state index contributed by atoms with van der Waals surface area (Å²) in [6, 6.07) is 12.1. The van der Waals surface area contributed by atoms with Crippen molar-refractivity contribution < 1.29 is 14.0 Å². The Morgan fingerprint density at radius 2 is 1.87 bits per heavy atom. The van der Waals surface area contributed by atoms with Crippen molar-refractivity contribution in [2.24, 2.45) is 0 Å².